The van der Waals surface area contributed by atoms with Gasteiger partial charge in [0.2, 0.25) is 8.32 Å². The molecule has 3 nitrogen and oxygen atoms in total. The van der Waals surface area contributed by atoms with Gasteiger partial charge in [-0.3, -0.25) is 0 Å². The van der Waals surface area contributed by atoms with Gasteiger partial charge in [0, 0.05) is 5.54 Å². The van der Waals surface area contributed by atoms with E-state index >= 15 is 0 Å². The fourth-order valence-corrected chi connectivity index (χ4v) is 2.68. The van der Waals surface area contributed by atoms with E-state index in [4.69, 9.17) is 10.2 Å². The van der Waals surface area contributed by atoms with Crippen molar-refractivity contribution in [3.05, 3.63) is 29.8 Å². The highest BCUT2D eigenvalue weighted by Gasteiger charge is 2.38. The second-order valence-electron chi connectivity index (χ2n) is 7.50. The molecule has 0 spiro atoms. The number of rotatable bonds is 5. The van der Waals surface area contributed by atoms with E-state index in [9.17, 15) is 5.11 Å². The minimum Gasteiger partial charge on any atom is -0.544 e. The van der Waals surface area contributed by atoms with Gasteiger partial charge in [-0.25, -0.2) is 0 Å². The van der Waals surface area contributed by atoms with Gasteiger partial charge in [0.15, 0.2) is 0 Å². The first kappa shape index (κ1) is 17.2. The minimum absolute atomic E-state index is 0.0186. The van der Waals surface area contributed by atoms with Crippen molar-refractivity contribution in [2.75, 3.05) is 6.61 Å². The molecule has 3 N–H and O–H groups in total. The Bertz CT molecular complexity index is 433. The highest BCUT2D eigenvalue weighted by molar-refractivity contribution is 6.74. The predicted octanol–water partition coefficient (Wildman–Crippen LogP) is 3.32. The summed E-state index contributed by atoms with van der Waals surface area (Å²) in [6, 6.07) is 8.07. The fourth-order valence-electron chi connectivity index (χ4n) is 1.65. The van der Waals surface area contributed by atoms with Crippen LogP contribution in [0.2, 0.25) is 18.1 Å². The van der Waals surface area contributed by atoms with Gasteiger partial charge >= 0.3 is 0 Å². The summed E-state index contributed by atoms with van der Waals surface area (Å²) in [7, 11) is -1.78. The van der Waals surface area contributed by atoms with Gasteiger partial charge in [-0.05, 0) is 49.2 Å². The van der Waals surface area contributed by atoms with Crippen molar-refractivity contribution in [1.29, 1.82) is 0 Å². The van der Waals surface area contributed by atoms with Gasteiger partial charge in [0.1, 0.15) is 5.75 Å². The number of hydrogen-bond donors (Lipinski definition) is 2. The Labute approximate surface area is 124 Å². The first-order valence-corrected chi connectivity index (χ1v) is 10.1. The van der Waals surface area contributed by atoms with Crippen molar-refractivity contribution in [1.82, 2.24) is 0 Å². The third-order valence-corrected chi connectivity index (χ3v) is 8.43. The number of nitrogens with two attached hydrogens (primary N) is 1. The predicted molar refractivity (Wildman–Crippen MR) is 87.6 cm³/mol. The van der Waals surface area contributed by atoms with Crippen LogP contribution in [0.4, 0.5) is 0 Å². The molecule has 0 saturated heterocycles. The molecule has 0 aliphatic heterocycles. The van der Waals surface area contributed by atoms with Crippen LogP contribution < -0.4 is 10.2 Å². The molecule has 0 amide bonds. The van der Waals surface area contributed by atoms with Crippen molar-refractivity contribution in [3.8, 4) is 5.75 Å². The maximum atomic E-state index is 9.21. The lowest BCUT2D eigenvalue weighted by molar-refractivity contribution is 0.208. The molecule has 1 aromatic carbocycles. The Hall–Kier alpha value is -0.843. The molecule has 1 unspecified atom stereocenters. The van der Waals surface area contributed by atoms with Crippen LogP contribution in [0.3, 0.4) is 0 Å². The minimum atomic E-state index is -1.78. The van der Waals surface area contributed by atoms with Crippen LogP contribution in [0, 0.1) is 0 Å². The zero-order valence-corrected chi connectivity index (χ0v) is 14.7. The van der Waals surface area contributed by atoms with Crippen LogP contribution in [-0.2, 0) is 6.42 Å². The van der Waals surface area contributed by atoms with Gasteiger partial charge in [0.25, 0.3) is 0 Å². The molecule has 0 aromatic heterocycles. The van der Waals surface area contributed by atoms with Gasteiger partial charge in [-0.1, -0.05) is 32.9 Å². The highest BCUT2D eigenvalue weighted by Crippen LogP contribution is 2.37. The monoisotopic (exact) mass is 295 g/mol. The summed E-state index contributed by atoms with van der Waals surface area (Å²) in [4.78, 5) is 0. The molecule has 4 heteroatoms. The van der Waals surface area contributed by atoms with Crippen molar-refractivity contribution in [2.24, 2.45) is 5.73 Å². The standard InChI is InChI=1S/C16H29NO2Si/c1-15(2,3)20(5,6)19-14-9-7-13(8-10-14)11-16(4,17)12-18/h7-10,18H,11-12,17H2,1-6H3. The first-order valence-electron chi connectivity index (χ1n) is 7.15. The Balaban J connectivity index is 2.78. The van der Waals surface area contributed by atoms with Gasteiger partial charge in [-0.2, -0.15) is 0 Å². The van der Waals surface area contributed by atoms with Gasteiger partial charge in [0.05, 0.1) is 6.61 Å². The second-order valence-corrected chi connectivity index (χ2v) is 12.2. The summed E-state index contributed by atoms with van der Waals surface area (Å²) in [6.45, 7) is 13.0. The first-order chi connectivity index (χ1) is 8.97. The second kappa shape index (κ2) is 5.88. The molecular formula is C16H29NO2Si. The van der Waals surface area contributed by atoms with E-state index < -0.39 is 13.9 Å². The number of benzene rings is 1. The molecule has 1 rings (SSSR count). The van der Waals surface area contributed by atoms with Crippen LogP contribution in [0.5, 0.6) is 5.75 Å². The quantitative estimate of drug-likeness (QED) is 0.819. The highest BCUT2D eigenvalue weighted by atomic mass is 28.4. The van der Waals surface area contributed by atoms with Gasteiger partial charge in [-0.15, -0.1) is 0 Å². The molecule has 0 fully saturated rings. The Morgan fingerprint density at radius 1 is 1.10 bits per heavy atom. The van der Waals surface area contributed by atoms with Crippen LogP contribution in [0.1, 0.15) is 33.3 Å². The summed E-state index contributed by atoms with van der Waals surface area (Å²) in [5.74, 6) is 0.920. The Morgan fingerprint density at radius 3 is 2.00 bits per heavy atom. The van der Waals surface area contributed by atoms with E-state index in [2.05, 4.69) is 33.9 Å². The lowest BCUT2D eigenvalue weighted by Crippen LogP contribution is -2.44. The van der Waals surface area contributed by atoms with Crippen molar-refractivity contribution >= 4 is 8.32 Å². The molecule has 1 atom stereocenters. The maximum absolute atomic E-state index is 9.21. The average Bonchev–Trinajstić information content (AvgIpc) is 2.29. The normalized spacial score (nSPS) is 15.8. The molecule has 1 aromatic rings. The van der Waals surface area contributed by atoms with Crippen LogP contribution >= 0.6 is 0 Å². The van der Waals surface area contributed by atoms with Crippen LogP contribution in [0.25, 0.3) is 0 Å². The topological polar surface area (TPSA) is 55.5 Å². The van der Waals surface area contributed by atoms with E-state index in [0.717, 1.165) is 11.3 Å². The lowest BCUT2D eigenvalue weighted by Gasteiger charge is -2.36. The van der Waals surface area contributed by atoms with E-state index in [-0.39, 0.29) is 11.6 Å². The fraction of sp³-hybridized carbons (Fsp3) is 0.625. The van der Waals surface area contributed by atoms with E-state index in [0.29, 0.717) is 6.42 Å². The molecule has 0 bridgehead atoms. The summed E-state index contributed by atoms with van der Waals surface area (Å²) in [5, 5.41) is 9.40. The van der Waals surface area contributed by atoms with Crippen molar-refractivity contribution in [3.63, 3.8) is 0 Å². The molecular weight excluding hydrogens is 266 g/mol. The molecule has 0 aliphatic carbocycles. The molecule has 0 heterocycles. The number of aliphatic hydroxyl groups is 1. The molecule has 0 saturated carbocycles. The zero-order chi connectivity index (χ0) is 15.6. The summed E-state index contributed by atoms with van der Waals surface area (Å²) in [5.41, 5.74) is 6.52. The summed E-state index contributed by atoms with van der Waals surface area (Å²) in [6.07, 6.45) is 0.657. The van der Waals surface area contributed by atoms with Crippen LogP contribution in [-0.4, -0.2) is 25.6 Å². The summed E-state index contributed by atoms with van der Waals surface area (Å²) < 4.78 is 6.24. The number of hydrogen-bond acceptors (Lipinski definition) is 3. The third kappa shape index (κ3) is 4.61. The van der Waals surface area contributed by atoms with Crippen LogP contribution in [0.15, 0.2) is 24.3 Å². The largest absolute Gasteiger partial charge is 0.544 e. The Kier molecular flexibility index (Phi) is 5.06. The third-order valence-electron chi connectivity index (χ3n) is 4.07. The number of aliphatic hydroxyl groups excluding tert-OH is 1. The smallest absolute Gasteiger partial charge is 0.250 e. The van der Waals surface area contributed by atoms with Crippen molar-refractivity contribution in [2.45, 2.75) is 57.8 Å². The van der Waals surface area contributed by atoms with E-state index in [1.165, 1.54) is 0 Å². The molecule has 114 valence electrons. The molecule has 20 heavy (non-hydrogen) atoms. The SMILES string of the molecule is CC(N)(CO)Cc1ccc(O[Si](C)(C)C(C)(C)C)cc1. The molecule has 0 aliphatic rings. The summed E-state index contributed by atoms with van der Waals surface area (Å²) >= 11 is 0. The average molecular weight is 295 g/mol. The van der Waals surface area contributed by atoms with E-state index in [1.807, 2.05) is 31.2 Å². The maximum Gasteiger partial charge on any atom is 0.250 e. The lowest BCUT2D eigenvalue weighted by atomic mass is 9.95. The van der Waals surface area contributed by atoms with Gasteiger partial charge < -0.3 is 15.3 Å². The van der Waals surface area contributed by atoms with E-state index in [1.54, 1.807) is 0 Å². The van der Waals surface area contributed by atoms with Crippen molar-refractivity contribution < 1.29 is 9.53 Å². The molecule has 0 radical (unpaired) electrons. The Morgan fingerprint density at radius 2 is 1.60 bits per heavy atom. The zero-order valence-electron chi connectivity index (χ0n) is 13.7.